The lowest BCUT2D eigenvalue weighted by Gasteiger charge is -2.07. The highest BCUT2D eigenvalue weighted by molar-refractivity contribution is 5.39. The predicted molar refractivity (Wildman–Crippen MR) is 52.0 cm³/mol. The number of aryl methyl sites for hydroxylation is 1. The molecule has 0 saturated carbocycles. The van der Waals surface area contributed by atoms with Gasteiger partial charge in [0.05, 0.1) is 7.11 Å². The topological polar surface area (TPSA) is 55.5 Å². The Bertz CT molecular complexity index is 315. The fourth-order valence-corrected chi connectivity index (χ4v) is 1.23. The standard InChI is InChI=1S/C10H14FNO2/c1-14-8-5-7(3-2-4-12)10(11)9(13)6-8/h5-6,13H,2-4,12H2,1H3. The van der Waals surface area contributed by atoms with Gasteiger partial charge in [0.15, 0.2) is 11.6 Å². The Morgan fingerprint density at radius 2 is 2.21 bits per heavy atom. The van der Waals surface area contributed by atoms with E-state index < -0.39 is 5.82 Å². The number of hydrogen-bond acceptors (Lipinski definition) is 3. The van der Waals surface area contributed by atoms with E-state index in [0.717, 1.165) is 0 Å². The van der Waals surface area contributed by atoms with Crippen molar-refractivity contribution in [1.29, 1.82) is 0 Å². The van der Waals surface area contributed by atoms with Crippen molar-refractivity contribution in [3.63, 3.8) is 0 Å². The van der Waals surface area contributed by atoms with Crippen LogP contribution in [-0.4, -0.2) is 18.8 Å². The number of nitrogens with two attached hydrogens (primary N) is 1. The zero-order valence-corrected chi connectivity index (χ0v) is 8.09. The molecule has 14 heavy (non-hydrogen) atoms. The molecule has 0 spiro atoms. The highest BCUT2D eigenvalue weighted by Gasteiger charge is 2.09. The zero-order chi connectivity index (χ0) is 10.6. The second-order valence-corrected chi connectivity index (χ2v) is 3.01. The minimum absolute atomic E-state index is 0.378. The average Bonchev–Trinajstić information content (AvgIpc) is 2.20. The van der Waals surface area contributed by atoms with Gasteiger partial charge in [0.2, 0.25) is 0 Å². The van der Waals surface area contributed by atoms with Crippen LogP contribution < -0.4 is 10.5 Å². The van der Waals surface area contributed by atoms with Crippen LogP contribution in [0.2, 0.25) is 0 Å². The number of methoxy groups -OCH3 is 1. The quantitative estimate of drug-likeness (QED) is 0.771. The monoisotopic (exact) mass is 199 g/mol. The summed E-state index contributed by atoms with van der Waals surface area (Å²) in [4.78, 5) is 0. The first-order valence-corrected chi connectivity index (χ1v) is 4.44. The first-order valence-electron chi connectivity index (χ1n) is 4.44. The minimum Gasteiger partial charge on any atom is -0.505 e. The van der Waals surface area contributed by atoms with Crippen molar-refractivity contribution < 1.29 is 14.2 Å². The van der Waals surface area contributed by atoms with Crippen LogP contribution in [0.4, 0.5) is 4.39 Å². The fourth-order valence-electron chi connectivity index (χ4n) is 1.23. The number of benzene rings is 1. The van der Waals surface area contributed by atoms with Gasteiger partial charge in [-0.15, -0.1) is 0 Å². The number of rotatable bonds is 4. The third-order valence-corrected chi connectivity index (χ3v) is 1.99. The third-order valence-electron chi connectivity index (χ3n) is 1.99. The summed E-state index contributed by atoms with van der Waals surface area (Å²) >= 11 is 0. The molecule has 4 heteroatoms. The Kier molecular flexibility index (Phi) is 3.71. The van der Waals surface area contributed by atoms with Gasteiger partial charge in [-0.05, 0) is 31.0 Å². The molecule has 0 fully saturated rings. The van der Waals surface area contributed by atoms with Crippen LogP contribution in [0.15, 0.2) is 12.1 Å². The number of aromatic hydroxyl groups is 1. The first kappa shape index (κ1) is 10.8. The van der Waals surface area contributed by atoms with Crippen LogP contribution >= 0.6 is 0 Å². The smallest absolute Gasteiger partial charge is 0.168 e. The molecule has 0 heterocycles. The van der Waals surface area contributed by atoms with E-state index in [-0.39, 0.29) is 5.75 Å². The van der Waals surface area contributed by atoms with Gasteiger partial charge in [-0.3, -0.25) is 0 Å². The van der Waals surface area contributed by atoms with Crippen molar-refractivity contribution >= 4 is 0 Å². The van der Waals surface area contributed by atoms with E-state index in [4.69, 9.17) is 10.5 Å². The molecule has 1 aromatic carbocycles. The summed E-state index contributed by atoms with van der Waals surface area (Å²) in [6.07, 6.45) is 1.19. The number of ether oxygens (including phenoxy) is 1. The van der Waals surface area contributed by atoms with Gasteiger partial charge < -0.3 is 15.6 Å². The van der Waals surface area contributed by atoms with Crippen molar-refractivity contribution in [1.82, 2.24) is 0 Å². The van der Waals surface area contributed by atoms with E-state index in [1.807, 2.05) is 0 Å². The lowest BCUT2D eigenvalue weighted by atomic mass is 10.1. The minimum atomic E-state index is -0.584. The molecular formula is C10H14FNO2. The molecule has 0 atom stereocenters. The van der Waals surface area contributed by atoms with Gasteiger partial charge in [-0.25, -0.2) is 4.39 Å². The van der Waals surface area contributed by atoms with Crippen LogP contribution in [-0.2, 0) is 6.42 Å². The maximum atomic E-state index is 13.3. The SMILES string of the molecule is COc1cc(O)c(F)c(CCCN)c1. The molecule has 3 N–H and O–H groups in total. The summed E-state index contributed by atoms with van der Waals surface area (Å²) in [5, 5.41) is 9.23. The Labute approximate surface area is 82.3 Å². The van der Waals surface area contributed by atoms with Gasteiger partial charge in [0.1, 0.15) is 5.75 Å². The molecular weight excluding hydrogens is 185 g/mol. The first-order chi connectivity index (χ1) is 6.69. The molecule has 0 aliphatic rings. The van der Waals surface area contributed by atoms with Crippen LogP contribution in [0.1, 0.15) is 12.0 Å². The van der Waals surface area contributed by atoms with Gasteiger partial charge >= 0.3 is 0 Å². The summed E-state index contributed by atoms with van der Waals surface area (Å²) in [6, 6.07) is 2.83. The van der Waals surface area contributed by atoms with Gasteiger partial charge in [0, 0.05) is 6.07 Å². The van der Waals surface area contributed by atoms with Crippen LogP contribution in [0.3, 0.4) is 0 Å². The fraction of sp³-hybridized carbons (Fsp3) is 0.400. The predicted octanol–water partition coefficient (Wildman–Crippen LogP) is 1.43. The molecule has 3 nitrogen and oxygen atoms in total. The lowest BCUT2D eigenvalue weighted by Crippen LogP contribution is -2.02. The van der Waals surface area contributed by atoms with E-state index in [9.17, 15) is 9.50 Å². The molecule has 0 unspecified atom stereocenters. The number of hydrogen-bond donors (Lipinski definition) is 2. The van der Waals surface area contributed by atoms with Crippen LogP contribution in [0, 0.1) is 5.82 Å². The molecule has 0 amide bonds. The van der Waals surface area contributed by atoms with E-state index in [2.05, 4.69) is 0 Å². The average molecular weight is 199 g/mol. The van der Waals surface area contributed by atoms with E-state index >= 15 is 0 Å². The lowest BCUT2D eigenvalue weighted by molar-refractivity contribution is 0.394. The van der Waals surface area contributed by atoms with Crippen molar-refractivity contribution in [2.24, 2.45) is 5.73 Å². The van der Waals surface area contributed by atoms with Gasteiger partial charge in [-0.2, -0.15) is 0 Å². The molecule has 0 radical (unpaired) electrons. The Hall–Kier alpha value is -1.29. The number of phenols is 1. The molecule has 0 saturated heterocycles. The number of phenolic OH excluding ortho intramolecular Hbond substituents is 1. The van der Waals surface area contributed by atoms with Crippen molar-refractivity contribution in [2.45, 2.75) is 12.8 Å². The summed E-state index contributed by atoms with van der Waals surface area (Å²) in [6.45, 7) is 0.497. The Morgan fingerprint density at radius 1 is 1.50 bits per heavy atom. The van der Waals surface area contributed by atoms with E-state index in [0.29, 0.717) is 30.7 Å². The van der Waals surface area contributed by atoms with Crippen LogP contribution in [0.25, 0.3) is 0 Å². The highest BCUT2D eigenvalue weighted by atomic mass is 19.1. The molecule has 0 aliphatic carbocycles. The third kappa shape index (κ3) is 2.35. The molecule has 1 aromatic rings. The summed E-state index contributed by atoms with van der Waals surface area (Å²) in [5.41, 5.74) is 5.76. The van der Waals surface area contributed by atoms with E-state index in [1.165, 1.54) is 13.2 Å². The van der Waals surface area contributed by atoms with Crippen molar-refractivity contribution in [3.8, 4) is 11.5 Å². The Morgan fingerprint density at radius 3 is 2.79 bits per heavy atom. The van der Waals surface area contributed by atoms with Gasteiger partial charge in [0.25, 0.3) is 0 Å². The second-order valence-electron chi connectivity index (χ2n) is 3.01. The maximum Gasteiger partial charge on any atom is 0.168 e. The second kappa shape index (κ2) is 4.81. The molecule has 78 valence electrons. The summed E-state index contributed by atoms with van der Waals surface area (Å²) in [5.74, 6) is -0.508. The van der Waals surface area contributed by atoms with Crippen molar-refractivity contribution in [3.05, 3.63) is 23.5 Å². The molecule has 0 aliphatic heterocycles. The van der Waals surface area contributed by atoms with Gasteiger partial charge in [-0.1, -0.05) is 0 Å². The molecule has 0 bridgehead atoms. The normalized spacial score (nSPS) is 10.2. The van der Waals surface area contributed by atoms with Crippen molar-refractivity contribution in [2.75, 3.05) is 13.7 Å². The zero-order valence-electron chi connectivity index (χ0n) is 8.09. The highest BCUT2D eigenvalue weighted by Crippen LogP contribution is 2.26. The maximum absolute atomic E-state index is 13.3. The molecule has 1 rings (SSSR count). The van der Waals surface area contributed by atoms with Crippen LogP contribution in [0.5, 0.6) is 11.5 Å². The number of halogens is 1. The Balaban J connectivity index is 2.95. The summed E-state index contributed by atoms with van der Waals surface area (Å²) in [7, 11) is 1.47. The summed E-state index contributed by atoms with van der Waals surface area (Å²) < 4.78 is 18.2. The molecule has 0 aromatic heterocycles. The van der Waals surface area contributed by atoms with E-state index in [1.54, 1.807) is 6.07 Å². The largest absolute Gasteiger partial charge is 0.505 e.